The van der Waals surface area contributed by atoms with Crippen LogP contribution in [-0.4, -0.2) is 5.97 Å². The molecule has 0 aliphatic heterocycles. The molecule has 0 bridgehead atoms. The molecule has 2 N–H and O–H groups in total. The summed E-state index contributed by atoms with van der Waals surface area (Å²) in [4.78, 5) is 11.9. The zero-order chi connectivity index (χ0) is 14.7. The summed E-state index contributed by atoms with van der Waals surface area (Å²) in [5.74, 6) is -1.09. The van der Waals surface area contributed by atoms with Crippen LogP contribution in [0.2, 0.25) is 5.02 Å². The van der Waals surface area contributed by atoms with E-state index in [1.165, 1.54) is 12.1 Å². The monoisotopic (exact) mass is 293 g/mol. The Morgan fingerprint density at radius 2 is 2.05 bits per heavy atom. The maximum Gasteiger partial charge on any atom is 0.340 e. The lowest BCUT2D eigenvalue weighted by atomic mass is 10.1. The van der Waals surface area contributed by atoms with Gasteiger partial charge in [0.05, 0.1) is 10.6 Å². The molecule has 104 valence electrons. The molecule has 0 spiro atoms. The van der Waals surface area contributed by atoms with Crippen LogP contribution in [0.25, 0.3) is 0 Å². The van der Waals surface area contributed by atoms with E-state index < -0.39 is 11.8 Å². The van der Waals surface area contributed by atoms with E-state index in [4.69, 9.17) is 22.1 Å². The number of nitrogen functional groups attached to an aromatic ring is 1. The molecule has 2 aromatic carbocycles. The fraction of sp³-hybridized carbons (Fsp3) is 0.133. The number of nitrogens with two attached hydrogens (primary N) is 1. The first-order valence-electron chi connectivity index (χ1n) is 5.94. The van der Waals surface area contributed by atoms with Crippen molar-refractivity contribution in [1.82, 2.24) is 0 Å². The van der Waals surface area contributed by atoms with Crippen molar-refractivity contribution in [2.24, 2.45) is 0 Å². The third-order valence-corrected chi connectivity index (χ3v) is 3.09. The lowest BCUT2D eigenvalue weighted by Crippen LogP contribution is -2.08. The van der Waals surface area contributed by atoms with Gasteiger partial charge in [-0.1, -0.05) is 29.3 Å². The molecule has 0 heterocycles. The Morgan fingerprint density at radius 3 is 2.75 bits per heavy atom. The molecule has 2 aromatic rings. The number of carbonyl (C=O) groups excluding carboxylic acids is 1. The van der Waals surface area contributed by atoms with E-state index in [1.807, 2.05) is 6.92 Å². The molecule has 3 nitrogen and oxygen atoms in total. The molecule has 0 aliphatic rings. The molecule has 0 atom stereocenters. The molecule has 0 saturated heterocycles. The number of rotatable bonds is 3. The van der Waals surface area contributed by atoms with Crippen LogP contribution in [-0.2, 0) is 11.3 Å². The van der Waals surface area contributed by atoms with Crippen molar-refractivity contribution < 1.29 is 13.9 Å². The van der Waals surface area contributed by atoms with Crippen LogP contribution in [0.5, 0.6) is 0 Å². The molecule has 5 heteroatoms. The normalized spacial score (nSPS) is 10.3. The maximum atomic E-state index is 13.3. The Hall–Kier alpha value is -2.07. The summed E-state index contributed by atoms with van der Waals surface area (Å²) in [6.45, 7) is 1.81. The van der Waals surface area contributed by atoms with Gasteiger partial charge in [0.2, 0.25) is 0 Å². The highest BCUT2D eigenvalue weighted by atomic mass is 35.5. The summed E-state index contributed by atoms with van der Waals surface area (Å²) >= 11 is 5.58. The minimum Gasteiger partial charge on any atom is -0.457 e. The summed E-state index contributed by atoms with van der Waals surface area (Å²) in [6, 6.07) is 9.35. The van der Waals surface area contributed by atoms with Crippen molar-refractivity contribution >= 4 is 23.3 Å². The quantitative estimate of drug-likeness (QED) is 0.693. The number of ether oxygens (including phenoxy) is 1. The minimum absolute atomic E-state index is 0.0306. The number of hydrogen-bond donors (Lipinski definition) is 1. The number of hydrogen-bond acceptors (Lipinski definition) is 3. The summed E-state index contributed by atoms with van der Waals surface area (Å²) < 4.78 is 18.4. The Balaban J connectivity index is 2.08. The van der Waals surface area contributed by atoms with Crippen LogP contribution in [0.4, 0.5) is 10.1 Å². The van der Waals surface area contributed by atoms with E-state index in [2.05, 4.69) is 0 Å². The van der Waals surface area contributed by atoms with Gasteiger partial charge in [0.25, 0.3) is 0 Å². The molecule has 0 fully saturated rings. The average Bonchev–Trinajstić information content (AvgIpc) is 2.42. The van der Waals surface area contributed by atoms with Crippen molar-refractivity contribution in [3.63, 3.8) is 0 Å². The maximum absolute atomic E-state index is 13.3. The van der Waals surface area contributed by atoms with Crippen molar-refractivity contribution in [2.75, 3.05) is 5.73 Å². The second-order valence-corrected chi connectivity index (χ2v) is 4.82. The molecule has 20 heavy (non-hydrogen) atoms. The molecule has 2 rings (SSSR count). The highest BCUT2D eigenvalue weighted by Gasteiger charge is 2.12. The second kappa shape index (κ2) is 5.92. The van der Waals surface area contributed by atoms with Gasteiger partial charge >= 0.3 is 5.97 Å². The Labute approximate surface area is 121 Å². The van der Waals surface area contributed by atoms with Crippen molar-refractivity contribution in [1.29, 1.82) is 0 Å². The summed E-state index contributed by atoms with van der Waals surface area (Å²) in [5.41, 5.74) is 7.81. The van der Waals surface area contributed by atoms with E-state index in [0.29, 0.717) is 16.8 Å². The van der Waals surface area contributed by atoms with Crippen molar-refractivity contribution in [2.45, 2.75) is 13.5 Å². The van der Waals surface area contributed by atoms with Crippen LogP contribution in [0.3, 0.4) is 0 Å². The lowest BCUT2D eigenvalue weighted by molar-refractivity contribution is 0.0473. The van der Waals surface area contributed by atoms with Crippen molar-refractivity contribution in [3.05, 3.63) is 63.9 Å². The third kappa shape index (κ3) is 3.27. The van der Waals surface area contributed by atoms with Crippen LogP contribution in [0.15, 0.2) is 36.4 Å². The molecule has 0 radical (unpaired) electrons. The van der Waals surface area contributed by atoms with E-state index in [-0.39, 0.29) is 11.6 Å². The van der Waals surface area contributed by atoms with Gasteiger partial charge in [-0.05, 0) is 36.8 Å². The van der Waals surface area contributed by atoms with Gasteiger partial charge in [0.15, 0.2) is 0 Å². The fourth-order valence-electron chi connectivity index (χ4n) is 1.70. The van der Waals surface area contributed by atoms with Gasteiger partial charge in [0.1, 0.15) is 12.4 Å². The highest BCUT2D eigenvalue weighted by molar-refractivity contribution is 6.30. The predicted molar refractivity (Wildman–Crippen MR) is 76.1 cm³/mol. The number of benzene rings is 2. The number of esters is 1. The topological polar surface area (TPSA) is 52.3 Å². The van der Waals surface area contributed by atoms with Crippen LogP contribution in [0, 0.1) is 12.7 Å². The molecule has 0 aliphatic carbocycles. The van der Waals surface area contributed by atoms with Gasteiger partial charge in [-0.3, -0.25) is 0 Å². The predicted octanol–water partition coefficient (Wildman–Crippen LogP) is 3.73. The second-order valence-electron chi connectivity index (χ2n) is 4.42. The first kappa shape index (κ1) is 14.3. The first-order chi connectivity index (χ1) is 9.47. The Bertz CT molecular complexity index is 658. The molecular formula is C15H13ClFNO2. The zero-order valence-corrected chi connectivity index (χ0v) is 11.6. The molecule has 0 unspecified atom stereocenters. The van der Waals surface area contributed by atoms with Gasteiger partial charge in [-0.15, -0.1) is 0 Å². The standard InChI is InChI=1S/C15H13ClFNO2/c1-9-2-5-14(18)11(6-9)15(19)20-8-10-3-4-12(16)13(17)7-10/h2-7H,8,18H2,1H3. The minimum atomic E-state index is -0.546. The van der Waals surface area contributed by atoms with E-state index >= 15 is 0 Å². The third-order valence-electron chi connectivity index (χ3n) is 2.78. The smallest absolute Gasteiger partial charge is 0.340 e. The van der Waals surface area contributed by atoms with Gasteiger partial charge < -0.3 is 10.5 Å². The number of aryl methyl sites for hydroxylation is 1. The molecular weight excluding hydrogens is 281 g/mol. The Morgan fingerprint density at radius 1 is 1.30 bits per heavy atom. The van der Waals surface area contributed by atoms with E-state index in [9.17, 15) is 9.18 Å². The van der Waals surface area contributed by atoms with Gasteiger partial charge in [-0.25, -0.2) is 9.18 Å². The fourth-order valence-corrected chi connectivity index (χ4v) is 1.82. The van der Waals surface area contributed by atoms with Crippen LogP contribution < -0.4 is 5.73 Å². The lowest BCUT2D eigenvalue weighted by Gasteiger charge is -2.08. The van der Waals surface area contributed by atoms with E-state index in [1.54, 1.807) is 24.3 Å². The molecule has 0 aromatic heterocycles. The van der Waals surface area contributed by atoms with Gasteiger partial charge in [0, 0.05) is 5.69 Å². The SMILES string of the molecule is Cc1ccc(N)c(C(=O)OCc2ccc(Cl)c(F)c2)c1. The summed E-state index contributed by atoms with van der Waals surface area (Å²) in [6.07, 6.45) is 0. The molecule has 0 saturated carbocycles. The number of halogens is 2. The first-order valence-corrected chi connectivity index (χ1v) is 6.32. The summed E-state index contributed by atoms with van der Waals surface area (Å²) in [5, 5.41) is 0.0306. The zero-order valence-electron chi connectivity index (χ0n) is 10.8. The van der Waals surface area contributed by atoms with Crippen molar-refractivity contribution in [3.8, 4) is 0 Å². The largest absolute Gasteiger partial charge is 0.457 e. The number of anilines is 1. The summed E-state index contributed by atoms with van der Waals surface area (Å²) in [7, 11) is 0. The average molecular weight is 294 g/mol. The van der Waals surface area contributed by atoms with Crippen LogP contribution >= 0.6 is 11.6 Å². The Kier molecular flexibility index (Phi) is 4.25. The van der Waals surface area contributed by atoms with Gasteiger partial charge in [-0.2, -0.15) is 0 Å². The number of carbonyl (C=O) groups is 1. The van der Waals surface area contributed by atoms with Crippen LogP contribution in [0.1, 0.15) is 21.5 Å². The van der Waals surface area contributed by atoms with E-state index in [0.717, 1.165) is 5.56 Å². The highest BCUT2D eigenvalue weighted by Crippen LogP contribution is 2.18. The molecule has 0 amide bonds.